The molecule has 1 heterocycles. The van der Waals surface area contributed by atoms with Gasteiger partial charge < -0.3 is 19.5 Å². The summed E-state index contributed by atoms with van der Waals surface area (Å²) in [6.45, 7) is -0.123. The molecule has 1 N–H and O–H groups in total. The van der Waals surface area contributed by atoms with Gasteiger partial charge in [-0.2, -0.15) is 0 Å². The SMILES string of the molecule is COc1ccc(-n2ccn(CC(=O)Nc3cc(OC)cc(OC)c3)c2=O)cc1. The summed E-state index contributed by atoms with van der Waals surface area (Å²) in [4.78, 5) is 25.0. The van der Waals surface area contributed by atoms with Gasteiger partial charge in [0, 0.05) is 36.3 Å². The van der Waals surface area contributed by atoms with E-state index in [1.54, 1.807) is 62.0 Å². The fourth-order valence-corrected chi connectivity index (χ4v) is 2.71. The minimum absolute atomic E-state index is 0.123. The topological polar surface area (TPSA) is 83.7 Å². The lowest BCUT2D eigenvalue weighted by Crippen LogP contribution is -2.28. The number of methoxy groups -OCH3 is 3. The number of benzene rings is 2. The highest BCUT2D eigenvalue weighted by molar-refractivity contribution is 5.91. The van der Waals surface area contributed by atoms with Gasteiger partial charge in [0.1, 0.15) is 23.8 Å². The van der Waals surface area contributed by atoms with Crippen LogP contribution in [0.3, 0.4) is 0 Å². The van der Waals surface area contributed by atoms with Gasteiger partial charge in [-0.15, -0.1) is 0 Å². The average molecular weight is 383 g/mol. The highest BCUT2D eigenvalue weighted by Crippen LogP contribution is 2.25. The molecule has 8 nitrogen and oxygen atoms in total. The lowest BCUT2D eigenvalue weighted by Gasteiger charge is -2.10. The fraction of sp³-hybridized carbons (Fsp3) is 0.200. The third-order valence-corrected chi connectivity index (χ3v) is 4.15. The molecule has 0 unspecified atom stereocenters. The number of carbonyl (C=O) groups excluding carboxylic acids is 1. The smallest absolute Gasteiger partial charge is 0.333 e. The van der Waals surface area contributed by atoms with E-state index in [2.05, 4.69) is 5.32 Å². The van der Waals surface area contributed by atoms with Crippen LogP contribution in [0, 0.1) is 0 Å². The number of carbonyl (C=O) groups is 1. The van der Waals surface area contributed by atoms with E-state index in [1.165, 1.54) is 23.4 Å². The molecular weight excluding hydrogens is 362 g/mol. The molecule has 0 bridgehead atoms. The Bertz CT molecular complexity index is 999. The summed E-state index contributed by atoms with van der Waals surface area (Å²) < 4.78 is 18.3. The van der Waals surface area contributed by atoms with Crippen molar-refractivity contribution in [3.63, 3.8) is 0 Å². The van der Waals surface area contributed by atoms with Crippen LogP contribution in [0.5, 0.6) is 17.2 Å². The first-order valence-electron chi connectivity index (χ1n) is 8.49. The maximum Gasteiger partial charge on any atom is 0.333 e. The van der Waals surface area contributed by atoms with E-state index in [9.17, 15) is 9.59 Å². The molecule has 2 aromatic carbocycles. The summed E-state index contributed by atoms with van der Waals surface area (Å²) in [6, 6.07) is 12.1. The number of nitrogens with one attached hydrogen (secondary N) is 1. The average Bonchev–Trinajstić information content (AvgIpc) is 3.07. The van der Waals surface area contributed by atoms with Crippen molar-refractivity contribution in [1.29, 1.82) is 0 Å². The number of rotatable bonds is 7. The standard InChI is InChI=1S/C20H21N3O5/c1-26-16-6-4-15(5-7-16)23-9-8-22(20(23)25)13-19(24)21-14-10-17(27-2)12-18(11-14)28-3/h4-12H,13H2,1-3H3,(H,21,24). The van der Waals surface area contributed by atoms with Gasteiger partial charge in [-0.25, -0.2) is 4.79 Å². The van der Waals surface area contributed by atoms with Gasteiger partial charge in [-0.1, -0.05) is 0 Å². The highest BCUT2D eigenvalue weighted by atomic mass is 16.5. The van der Waals surface area contributed by atoms with E-state index in [-0.39, 0.29) is 18.1 Å². The number of ether oxygens (including phenoxy) is 3. The van der Waals surface area contributed by atoms with Gasteiger partial charge in [0.15, 0.2) is 0 Å². The quantitative estimate of drug-likeness (QED) is 0.677. The summed E-state index contributed by atoms with van der Waals surface area (Å²) in [6.07, 6.45) is 3.18. The molecule has 0 spiro atoms. The third kappa shape index (κ3) is 4.17. The van der Waals surface area contributed by atoms with Gasteiger partial charge in [-0.3, -0.25) is 13.9 Å². The normalized spacial score (nSPS) is 10.4. The van der Waals surface area contributed by atoms with E-state index in [0.717, 1.165) is 0 Å². The molecule has 0 aliphatic heterocycles. The van der Waals surface area contributed by atoms with E-state index in [4.69, 9.17) is 14.2 Å². The van der Waals surface area contributed by atoms with Crippen LogP contribution in [0.1, 0.15) is 0 Å². The Morgan fingerprint density at radius 1 is 0.893 bits per heavy atom. The number of amides is 1. The highest BCUT2D eigenvalue weighted by Gasteiger charge is 2.11. The molecule has 0 saturated heterocycles. The van der Waals surface area contributed by atoms with E-state index in [1.807, 2.05) is 0 Å². The number of aromatic nitrogens is 2. The molecule has 8 heteroatoms. The van der Waals surface area contributed by atoms with E-state index in [0.29, 0.717) is 28.6 Å². The first-order chi connectivity index (χ1) is 13.5. The Morgan fingerprint density at radius 3 is 2.07 bits per heavy atom. The van der Waals surface area contributed by atoms with Crippen molar-refractivity contribution in [1.82, 2.24) is 9.13 Å². The predicted octanol–water partition coefficient (Wildman–Crippen LogP) is 2.30. The molecule has 3 rings (SSSR count). The zero-order chi connectivity index (χ0) is 20.1. The van der Waals surface area contributed by atoms with Gasteiger partial charge in [-0.05, 0) is 24.3 Å². The Kier molecular flexibility index (Phi) is 5.69. The molecule has 0 saturated carbocycles. The van der Waals surface area contributed by atoms with E-state index < -0.39 is 0 Å². The van der Waals surface area contributed by atoms with Crippen molar-refractivity contribution in [2.24, 2.45) is 0 Å². The number of anilines is 1. The summed E-state index contributed by atoms with van der Waals surface area (Å²) in [5.74, 6) is 1.46. The molecule has 146 valence electrons. The van der Waals surface area contributed by atoms with Gasteiger partial charge >= 0.3 is 5.69 Å². The summed E-state index contributed by atoms with van der Waals surface area (Å²) in [7, 11) is 4.64. The molecular formula is C20H21N3O5. The Hall–Kier alpha value is -3.68. The zero-order valence-electron chi connectivity index (χ0n) is 15.8. The largest absolute Gasteiger partial charge is 0.497 e. The van der Waals surface area contributed by atoms with Crippen molar-refractivity contribution >= 4 is 11.6 Å². The maximum atomic E-state index is 12.6. The lowest BCUT2D eigenvalue weighted by molar-refractivity contribution is -0.116. The Morgan fingerprint density at radius 2 is 1.50 bits per heavy atom. The summed E-state index contributed by atoms with van der Waals surface area (Å²) in [5, 5.41) is 2.75. The van der Waals surface area contributed by atoms with E-state index >= 15 is 0 Å². The number of hydrogen-bond donors (Lipinski definition) is 1. The fourth-order valence-electron chi connectivity index (χ4n) is 2.71. The first kappa shape index (κ1) is 19.1. The molecule has 0 aliphatic rings. The summed E-state index contributed by atoms with van der Waals surface area (Å²) in [5.41, 5.74) is 0.884. The molecule has 0 atom stereocenters. The van der Waals surface area contributed by atoms with Crippen LogP contribution in [0.25, 0.3) is 5.69 Å². The second-order valence-corrected chi connectivity index (χ2v) is 5.93. The first-order valence-corrected chi connectivity index (χ1v) is 8.49. The molecule has 0 radical (unpaired) electrons. The van der Waals surface area contributed by atoms with Crippen molar-refractivity contribution in [3.05, 3.63) is 65.3 Å². The minimum atomic E-state index is -0.343. The monoisotopic (exact) mass is 383 g/mol. The van der Waals surface area contributed by atoms with Gasteiger partial charge in [0.2, 0.25) is 5.91 Å². The molecule has 3 aromatic rings. The Labute approximate surface area is 161 Å². The van der Waals surface area contributed by atoms with Crippen molar-refractivity contribution in [3.8, 4) is 22.9 Å². The van der Waals surface area contributed by atoms with Crippen LogP contribution in [0.15, 0.2) is 59.7 Å². The van der Waals surface area contributed by atoms with Crippen LogP contribution in [-0.2, 0) is 11.3 Å². The van der Waals surface area contributed by atoms with Crippen molar-refractivity contribution < 1.29 is 19.0 Å². The lowest BCUT2D eigenvalue weighted by atomic mass is 10.2. The molecule has 0 aliphatic carbocycles. The van der Waals surface area contributed by atoms with Crippen LogP contribution in [0.4, 0.5) is 5.69 Å². The molecule has 28 heavy (non-hydrogen) atoms. The molecule has 1 amide bonds. The predicted molar refractivity (Wildman–Crippen MR) is 105 cm³/mol. The second-order valence-electron chi connectivity index (χ2n) is 5.93. The zero-order valence-corrected chi connectivity index (χ0v) is 15.8. The number of imidazole rings is 1. The minimum Gasteiger partial charge on any atom is -0.497 e. The van der Waals surface area contributed by atoms with Crippen LogP contribution < -0.4 is 25.2 Å². The molecule has 0 fully saturated rings. The second kappa shape index (κ2) is 8.34. The number of hydrogen-bond acceptors (Lipinski definition) is 5. The van der Waals surface area contributed by atoms with Crippen LogP contribution >= 0.6 is 0 Å². The van der Waals surface area contributed by atoms with Gasteiger partial charge in [0.25, 0.3) is 0 Å². The van der Waals surface area contributed by atoms with Gasteiger partial charge in [0.05, 0.1) is 27.0 Å². The van der Waals surface area contributed by atoms with Crippen LogP contribution in [-0.4, -0.2) is 36.4 Å². The maximum absolute atomic E-state index is 12.6. The molecule has 1 aromatic heterocycles. The van der Waals surface area contributed by atoms with Crippen molar-refractivity contribution in [2.45, 2.75) is 6.54 Å². The third-order valence-electron chi connectivity index (χ3n) is 4.15. The number of nitrogens with zero attached hydrogens (tertiary/aromatic N) is 2. The van der Waals surface area contributed by atoms with Crippen LogP contribution in [0.2, 0.25) is 0 Å². The summed E-state index contributed by atoms with van der Waals surface area (Å²) >= 11 is 0. The van der Waals surface area contributed by atoms with Crippen molar-refractivity contribution in [2.75, 3.05) is 26.6 Å². The Balaban J connectivity index is 1.74.